The van der Waals surface area contributed by atoms with Crippen LogP contribution in [0.15, 0.2) is 12.3 Å². The number of aliphatic hydroxyl groups excluding tert-OH is 2. The zero-order valence-electron chi connectivity index (χ0n) is 9.96. The van der Waals surface area contributed by atoms with Gasteiger partial charge in [-0.25, -0.2) is 0 Å². The second-order valence-electron chi connectivity index (χ2n) is 3.68. The molecular weight excluding hydrogens is 222 g/mol. The molecule has 0 saturated heterocycles. The van der Waals surface area contributed by atoms with Crippen molar-refractivity contribution in [2.45, 2.75) is 13.5 Å². The molecule has 1 rings (SSSR count). The quantitative estimate of drug-likeness (QED) is 0.627. The average Bonchev–Trinajstić information content (AvgIpc) is 2.69. The van der Waals surface area contributed by atoms with Gasteiger partial charge in [0.05, 0.1) is 18.9 Å². The maximum atomic E-state index is 12.1. The summed E-state index contributed by atoms with van der Waals surface area (Å²) >= 11 is 0. The van der Waals surface area contributed by atoms with Crippen molar-refractivity contribution in [3.8, 4) is 0 Å². The van der Waals surface area contributed by atoms with Crippen molar-refractivity contribution >= 4 is 11.6 Å². The molecule has 0 aliphatic carbocycles. The number of nitrogens with zero attached hydrogens (tertiary/aromatic N) is 2. The largest absolute Gasteiger partial charge is 0.397 e. The number of nitrogens with two attached hydrogens (primary N) is 1. The first-order chi connectivity index (χ1) is 8.13. The van der Waals surface area contributed by atoms with Crippen molar-refractivity contribution in [2.24, 2.45) is 0 Å². The molecule has 0 saturated carbocycles. The van der Waals surface area contributed by atoms with Gasteiger partial charge in [-0.15, -0.1) is 0 Å². The number of carbonyl (C=O) groups is 1. The van der Waals surface area contributed by atoms with Gasteiger partial charge in [-0.05, 0) is 13.0 Å². The fraction of sp³-hybridized carbons (Fsp3) is 0.545. The molecule has 0 radical (unpaired) electrons. The SMILES string of the molecule is CCn1cc(N)cc1C(=O)N(CCO)CCO. The van der Waals surface area contributed by atoms with Crippen LogP contribution in [0, 0.1) is 0 Å². The number of hydrogen-bond donors (Lipinski definition) is 3. The number of carbonyl (C=O) groups excluding carboxylic acids is 1. The number of aromatic nitrogens is 1. The van der Waals surface area contributed by atoms with Gasteiger partial charge in [0.25, 0.3) is 5.91 Å². The molecular formula is C11H19N3O3. The summed E-state index contributed by atoms with van der Waals surface area (Å²) in [5.41, 5.74) is 6.66. The topological polar surface area (TPSA) is 91.7 Å². The van der Waals surface area contributed by atoms with Crippen LogP contribution in [0.2, 0.25) is 0 Å². The smallest absolute Gasteiger partial charge is 0.270 e. The van der Waals surface area contributed by atoms with Crippen molar-refractivity contribution in [1.29, 1.82) is 0 Å². The minimum absolute atomic E-state index is 0.131. The van der Waals surface area contributed by atoms with Crippen LogP contribution in [0.5, 0.6) is 0 Å². The highest BCUT2D eigenvalue weighted by Gasteiger charge is 2.18. The second-order valence-corrected chi connectivity index (χ2v) is 3.68. The summed E-state index contributed by atoms with van der Waals surface area (Å²) in [5, 5.41) is 17.8. The number of rotatable bonds is 6. The van der Waals surface area contributed by atoms with E-state index in [0.717, 1.165) is 0 Å². The zero-order chi connectivity index (χ0) is 12.8. The van der Waals surface area contributed by atoms with Gasteiger partial charge < -0.3 is 25.4 Å². The van der Waals surface area contributed by atoms with E-state index in [1.807, 2.05) is 6.92 Å². The Balaban J connectivity index is 2.91. The summed E-state index contributed by atoms with van der Waals surface area (Å²) in [7, 11) is 0. The van der Waals surface area contributed by atoms with E-state index in [4.69, 9.17) is 15.9 Å². The second kappa shape index (κ2) is 6.27. The summed E-state index contributed by atoms with van der Waals surface area (Å²) in [4.78, 5) is 13.5. The Hall–Kier alpha value is -1.53. The van der Waals surface area contributed by atoms with Gasteiger partial charge in [0, 0.05) is 25.8 Å². The first kappa shape index (κ1) is 13.5. The van der Waals surface area contributed by atoms with E-state index >= 15 is 0 Å². The number of aryl methyl sites for hydroxylation is 1. The highest BCUT2D eigenvalue weighted by atomic mass is 16.3. The number of amides is 1. The maximum absolute atomic E-state index is 12.1. The maximum Gasteiger partial charge on any atom is 0.270 e. The Labute approximate surface area is 100 Å². The van der Waals surface area contributed by atoms with Crippen molar-refractivity contribution in [2.75, 3.05) is 32.0 Å². The molecule has 1 aromatic heterocycles. The molecule has 0 unspecified atom stereocenters. The summed E-state index contributed by atoms with van der Waals surface area (Å²) in [5.74, 6) is -0.230. The number of aliphatic hydroxyl groups is 2. The molecule has 96 valence electrons. The van der Waals surface area contributed by atoms with Gasteiger partial charge in [-0.1, -0.05) is 0 Å². The lowest BCUT2D eigenvalue weighted by atomic mass is 10.3. The average molecular weight is 241 g/mol. The predicted molar refractivity (Wildman–Crippen MR) is 64.6 cm³/mol. The fourth-order valence-electron chi connectivity index (χ4n) is 1.69. The summed E-state index contributed by atoms with van der Waals surface area (Å²) in [6, 6.07) is 1.60. The molecule has 0 aliphatic heterocycles. The fourth-order valence-corrected chi connectivity index (χ4v) is 1.69. The van der Waals surface area contributed by atoms with Crippen LogP contribution in [0.3, 0.4) is 0 Å². The predicted octanol–water partition coefficient (Wildman–Crippen LogP) is -0.483. The molecule has 6 heteroatoms. The van der Waals surface area contributed by atoms with Crippen LogP contribution in [0.25, 0.3) is 0 Å². The van der Waals surface area contributed by atoms with Gasteiger partial charge in [-0.2, -0.15) is 0 Å². The lowest BCUT2D eigenvalue weighted by Crippen LogP contribution is -2.36. The van der Waals surface area contributed by atoms with Gasteiger partial charge >= 0.3 is 0 Å². The minimum Gasteiger partial charge on any atom is -0.397 e. The Morgan fingerprint density at radius 3 is 2.47 bits per heavy atom. The molecule has 0 spiro atoms. The Morgan fingerprint density at radius 1 is 1.41 bits per heavy atom. The monoisotopic (exact) mass is 241 g/mol. The van der Waals surface area contributed by atoms with E-state index in [1.165, 1.54) is 4.90 Å². The van der Waals surface area contributed by atoms with Crippen LogP contribution in [0.1, 0.15) is 17.4 Å². The molecule has 4 N–H and O–H groups in total. The van der Waals surface area contributed by atoms with E-state index < -0.39 is 0 Å². The summed E-state index contributed by atoms with van der Waals surface area (Å²) in [6.07, 6.45) is 1.70. The zero-order valence-corrected chi connectivity index (χ0v) is 9.96. The van der Waals surface area contributed by atoms with Gasteiger partial charge in [-0.3, -0.25) is 4.79 Å². The lowest BCUT2D eigenvalue weighted by molar-refractivity contribution is 0.0674. The van der Waals surface area contributed by atoms with Crippen LogP contribution in [0.4, 0.5) is 5.69 Å². The van der Waals surface area contributed by atoms with Gasteiger partial charge in [0.1, 0.15) is 5.69 Å². The molecule has 0 aromatic carbocycles. The number of anilines is 1. The standard InChI is InChI=1S/C11H19N3O3/c1-2-13-8-9(12)7-10(13)11(17)14(3-5-15)4-6-16/h7-8,15-16H,2-6,12H2,1H3. The summed E-state index contributed by atoms with van der Waals surface area (Å²) < 4.78 is 1.75. The third-order valence-corrected chi connectivity index (χ3v) is 2.50. The molecule has 1 aromatic rings. The van der Waals surface area contributed by atoms with E-state index in [9.17, 15) is 4.79 Å². The van der Waals surface area contributed by atoms with Crippen LogP contribution in [-0.4, -0.2) is 51.9 Å². The normalized spacial score (nSPS) is 10.5. The molecule has 0 fully saturated rings. The number of nitrogen functional groups attached to an aromatic ring is 1. The Morgan fingerprint density at radius 2 is 2.00 bits per heavy atom. The third-order valence-electron chi connectivity index (χ3n) is 2.50. The Kier molecular flexibility index (Phi) is 4.99. The molecule has 0 atom stereocenters. The Bertz CT molecular complexity index is 370. The first-order valence-corrected chi connectivity index (χ1v) is 5.60. The van der Waals surface area contributed by atoms with Crippen molar-refractivity contribution in [3.63, 3.8) is 0 Å². The van der Waals surface area contributed by atoms with E-state index in [-0.39, 0.29) is 32.2 Å². The lowest BCUT2D eigenvalue weighted by Gasteiger charge is -2.21. The highest BCUT2D eigenvalue weighted by Crippen LogP contribution is 2.13. The van der Waals surface area contributed by atoms with Gasteiger partial charge in [0.15, 0.2) is 0 Å². The van der Waals surface area contributed by atoms with E-state index in [2.05, 4.69) is 0 Å². The minimum atomic E-state index is -0.230. The number of hydrogen-bond acceptors (Lipinski definition) is 4. The van der Waals surface area contributed by atoms with Crippen molar-refractivity contribution in [3.05, 3.63) is 18.0 Å². The van der Waals surface area contributed by atoms with Crippen LogP contribution in [-0.2, 0) is 6.54 Å². The molecule has 17 heavy (non-hydrogen) atoms. The molecule has 1 heterocycles. The van der Waals surface area contributed by atoms with E-state index in [0.29, 0.717) is 17.9 Å². The van der Waals surface area contributed by atoms with Gasteiger partial charge in [0.2, 0.25) is 0 Å². The van der Waals surface area contributed by atoms with Crippen molar-refractivity contribution < 1.29 is 15.0 Å². The molecule has 0 aliphatic rings. The van der Waals surface area contributed by atoms with Crippen LogP contribution >= 0.6 is 0 Å². The highest BCUT2D eigenvalue weighted by molar-refractivity contribution is 5.93. The molecule has 1 amide bonds. The van der Waals surface area contributed by atoms with Crippen molar-refractivity contribution in [1.82, 2.24) is 9.47 Å². The summed E-state index contributed by atoms with van der Waals surface area (Å²) in [6.45, 7) is 2.70. The third kappa shape index (κ3) is 3.21. The molecule has 0 bridgehead atoms. The van der Waals surface area contributed by atoms with Crippen LogP contribution < -0.4 is 5.73 Å². The molecule has 6 nitrogen and oxygen atoms in total. The van der Waals surface area contributed by atoms with E-state index in [1.54, 1.807) is 16.8 Å². The first-order valence-electron chi connectivity index (χ1n) is 5.60.